The Labute approximate surface area is 106 Å². The Morgan fingerprint density at radius 1 is 0.833 bits per heavy atom. The first-order valence-corrected chi connectivity index (χ1v) is 5.53. The topological polar surface area (TPSA) is 0 Å². The van der Waals surface area contributed by atoms with Gasteiger partial charge in [-0.05, 0) is 6.42 Å². The summed E-state index contributed by atoms with van der Waals surface area (Å²) >= 11 is 39.4. The van der Waals surface area contributed by atoms with Crippen molar-refractivity contribution in [2.45, 2.75) is 25.8 Å². The summed E-state index contributed by atoms with van der Waals surface area (Å²) in [5.41, 5.74) is 0. The van der Waals surface area contributed by atoms with Gasteiger partial charge < -0.3 is 0 Å². The molecular formula is C5H5Cl7. The largest absolute Gasteiger partial charge is 0.226 e. The van der Waals surface area contributed by atoms with Crippen LogP contribution in [0.4, 0.5) is 0 Å². The van der Waals surface area contributed by atoms with Crippen LogP contribution in [0, 0.1) is 0 Å². The van der Waals surface area contributed by atoms with E-state index in [1.807, 2.05) is 0 Å². The molecule has 0 heterocycles. The second-order valence-corrected chi connectivity index (χ2v) is 7.22. The van der Waals surface area contributed by atoms with Gasteiger partial charge in [-0.25, -0.2) is 0 Å². The molecule has 0 nitrogen and oxygen atoms in total. The molecule has 0 aromatic carbocycles. The van der Waals surface area contributed by atoms with Crippen LogP contribution in [0.2, 0.25) is 0 Å². The molecule has 0 aliphatic rings. The van der Waals surface area contributed by atoms with Crippen molar-refractivity contribution in [3.05, 3.63) is 0 Å². The van der Waals surface area contributed by atoms with Crippen LogP contribution in [0.1, 0.15) is 13.3 Å². The Bertz CT molecular complexity index is 156. The third kappa shape index (κ3) is 2.76. The van der Waals surface area contributed by atoms with E-state index in [0.717, 1.165) is 0 Å². The van der Waals surface area contributed by atoms with Gasteiger partial charge in [0.25, 0.3) is 0 Å². The molecule has 0 radical (unpaired) electrons. The van der Waals surface area contributed by atoms with E-state index in [1.54, 1.807) is 6.92 Å². The lowest BCUT2D eigenvalue weighted by molar-refractivity contribution is 0.641. The summed E-state index contributed by atoms with van der Waals surface area (Å²) in [6.07, 6.45) is 0.261. The summed E-state index contributed by atoms with van der Waals surface area (Å²) in [5.74, 6) is 0. The summed E-state index contributed by atoms with van der Waals surface area (Å²) in [5, 5.41) is 0. The maximum absolute atomic E-state index is 5.75. The first kappa shape index (κ1) is 14.0. The van der Waals surface area contributed by atoms with Crippen LogP contribution in [0.3, 0.4) is 0 Å². The Balaban J connectivity index is 4.85. The predicted octanol–water partition coefficient (Wildman–Crippen LogP) is 5.11. The third-order valence-corrected chi connectivity index (χ3v) is 5.39. The zero-order chi connectivity index (χ0) is 10.2. The monoisotopic (exact) mass is 310 g/mol. The van der Waals surface area contributed by atoms with Crippen molar-refractivity contribution in [1.82, 2.24) is 0 Å². The molecule has 0 N–H and O–H groups in total. The predicted molar refractivity (Wildman–Crippen MR) is 59.5 cm³/mol. The van der Waals surface area contributed by atoms with Gasteiger partial charge in [-0.2, -0.15) is 0 Å². The number of hydrogen-bond donors (Lipinski definition) is 0. The van der Waals surface area contributed by atoms with Crippen molar-refractivity contribution in [1.29, 1.82) is 0 Å². The van der Waals surface area contributed by atoms with Crippen molar-refractivity contribution in [3.8, 4) is 0 Å². The van der Waals surface area contributed by atoms with Gasteiger partial charge in [0, 0.05) is 0 Å². The Kier molecular flexibility index (Phi) is 4.99. The molecule has 0 bridgehead atoms. The molecule has 0 rings (SSSR count). The highest BCUT2D eigenvalue weighted by Gasteiger charge is 2.58. The van der Waals surface area contributed by atoms with Crippen LogP contribution in [-0.4, -0.2) is 12.5 Å². The quantitative estimate of drug-likeness (QED) is 0.621. The maximum atomic E-state index is 5.75. The Hall–Kier alpha value is 2.03. The minimum absolute atomic E-state index is 0.261. The van der Waals surface area contributed by atoms with Crippen LogP contribution < -0.4 is 0 Å². The second-order valence-electron chi connectivity index (χ2n) is 2.13. The third-order valence-electron chi connectivity index (χ3n) is 1.26. The molecule has 0 fully saturated rings. The number of halogens is 7. The van der Waals surface area contributed by atoms with Crippen LogP contribution >= 0.6 is 81.2 Å². The van der Waals surface area contributed by atoms with Crippen molar-refractivity contribution >= 4 is 81.2 Å². The molecule has 0 spiro atoms. The number of hydrogen-bond acceptors (Lipinski definition) is 0. The number of alkyl halides is 7. The first-order chi connectivity index (χ1) is 5.06. The molecule has 0 saturated heterocycles. The van der Waals surface area contributed by atoms with Gasteiger partial charge in [-0.3, -0.25) is 0 Å². The molecule has 7 heteroatoms. The summed E-state index contributed by atoms with van der Waals surface area (Å²) < 4.78 is -5.28. The molecule has 0 unspecified atom stereocenters. The van der Waals surface area contributed by atoms with E-state index >= 15 is 0 Å². The van der Waals surface area contributed by atoms with E-state index in [-0.39, 0.29) is 6.42 Å². The smallest absolute Gasteiger partial charge is 0.0981 e. The van der Waals surface area contributed by atoms with Gasteiger partial charge in [-0.1, -0.05) is 88.1 Å². The van der Waals surface area contributed by atoms with Gasteiger partial charge in [0.2, 0.25) is 3.79 Å². The maximum Gasteiger partial charge on any atom is 0.226 e. The summed E-state index contributed by atoms with van der Waals surface area (Å²) in [4.78, 5) is 0. The summed E-state index contributed by atoms with van der Waals surface area (Å²) in [6.45, 7) is 1.68. The van der Waals surface area contributed by atoms with Crippen molar-refractivity contribution < 1.29 is 0 Å². The average molecular weight is 313 g/mol. The lowest BCUT2D eigenvalue weighted by Gasteiger charge is -2.36. The minimum Gasteiger partial charge on any atom is -0.0981 e. The van der Waals surface area contributed by atoms with Gasteiger partial charge in [0.15, 0.2) is 8.67 Å². The van der Waals surface area contributed by atoms with Gasteiger partial charge >= 0.3 is 0 Å². The van der Waals surface area contributed by atoms with Gasteiger partial charge in [0.05, 0.1) is 0 Å². The SMILES string of the molecule is CCC(Cl)(Cl)C(Cl)(Cl)C(Cl)(Cl)Cl. The summed E-state index contributed by atoms with van der Waals surface area (Å²) in [6, 6.07) is 0. The van der Waals surface area contributed by atoms with Crippen molar-refractivity contribution in [3.63, 3.8) is 0 Å². The van der Waals surface area contributed by atoms with E-state index in [9.17, 15) is 0 Å². The van der Waals surface area contributed by atoms with E-state index < -0.39 is 12.5 Å². The molecule has 0 saturated carbocycles. The van der Waals surface area contributed by atoms with E-state index in [0.29, 0.717) is 0 Å². The first-order valence-electron chi connectivity index (χ1n) is 2.88. The molecule has 12 heavy (non-hydrogen) atoms. The minimum atomic E-state index is -1.93. The average Bonchev–Trinajstić information content (AvgIpc) is 1.85. The number of rotatable bonds is 2. The zero-order valence-electron chi connectivity index (χ0n) is 5.85. The fourth-order valence-corrected chi connectivity index (χ4v) is 1.75. The Morgan fingerprint density at radius 3 is 1.25 bits per heavy atom. The fraction of sp³-hybridized carbons (Fsp3) is 1.00. The van der Waals surface area contributed by atoms with Crippen molar-refractivity contribution in [2.75, 3.05) is 0 Å². The molecule has 0 atom stereocenters. The molecule has 0 aliphatic heterocycles. The Morgan fingerprint density at radius 2 is 1.17 bits per heavy atom. The zero-order valence-corrected chi connectivity index (χ0v) is 11.1. The summed E-state index contributed by atoms with van der Waals surface area (Å²) in [7, 11) is 0. The van der Waals surface area contributed by atoms with E-state index in [4.69, 9.17) is 81.2 Å². The standard InChI is InChI=1S/C5H5Cl7/c1-2-3(6,7)4(8,9)5(10,11)12/h2H2,1H3. The second kappa shape index (κ2) is 4.26. The van der Waals surface area contributed by atoms with Crippen molar-refractivity contribution in [2.24, 2.45) is 0 Å². The molecule has 74 valence electrons. The molecule has 0 aromatic heterocycles. The highest BCUT2D eigenvalue weighted by Crippen LogP contribution is 2.57. The van der Waals surface area contributed by atoms with Gasteiger partial charge in [0.1, 0.15) is 0 Å². The molecule has 0 amide bonds. The molecular weight excluding hydrogens is 308 g/mol. The fourth-order valence-electron chi connectivity index (χ4n) is 0.429. The highest BCUT2D eigenvalue weighted by atomic mass is 35.6. The normalized spacial score (nSPS) is 15.0. The highest BCUT2D eigenvalue weighted by molar-refractivity contribution is 6.78. The lowest BCUT2D eigenvalue weighted by atomic mass is 10.2. The van der Waals surface area contributed by atoms with Crippen LogP contribution in [-0.2, 0) is 0 Å². The van der Waals surface area contributed by atoms with Crippen LogP contribution in [0.25, 0.3) is 0 Å². The van der Waals surface area contributed by atoms with Gasteiger partial charge in [-0.15, -0.1) is 0 Å². The lowest BCUT2D eigenvalue weighted by Crippen LogP contribution is -2.46. The van der Waals surface area contributed by atoms with Crippen LogP contribution in [0.5, 0.6) is 0 Å². The molecule has 0 aliphatic carbocycles. The molecule has 0 aromatic rings. The van der Waals surface area contributed by atoms with Crippen LogP contribution in [0.15, 0.2) is 0 Å². The van der Waals surface area contributed by atoms with E-state index in [1.165, 1.54) is 0 Å². The van der Waals surface area contributed by atoms with E-state index in [2.05, 4.69) is 0 Å².